The summed E-state index contributed by atoms with van der Waals surface area (Å²) in [6.45, 7) is 0. The third-order valence-corrected chi connectivity index (χ3v) is 3.25. The third kappa shape index (κ3) is 1.15. The van der Waals surface area contributed by atoms with E-state index in [-0.39, 0.29) is 0 Å². The molecular weight excluding hydrogens is 248 g/mol. The van der Waals surface area contributed by atoms with Crippen LogP contribution in [0.2, 0.25) is 5.02 Å². The van der Waals surface area contributed by atoms with Gasteiger partial charge in [-0.25, -0.2) is 9.97 Å². The zero-order chi connectivity index (χ0) is 7.84. The second-order valence-electron chi connectivity index (χ2n) is 1.93. The van der Waals surface area contributed by atoms with E-state index in [2.05, 4.69) is 25.9 Å². The Balaban J connectivity index is 2.96. The van der Waals surface area contributed by atoms with E-state index in [0.717, 1.165) is 14.8 Å². The van der Waals surface area contributed by atoms with Gasteiger partial charge in [0.2, 0.25) is 0 Å². The van der Waals surface area contributed by atoms with Gasteiger partial charge >= 0.3 is 0 Å². The lowest BCUT2D eigenvalue weighted by Crippen LogP contribution is -1.76. The second kappa shape index (κ2) is 2.69. The Morgan fingerprint density at radius 1 is 1.45 bits per heavy atom. The summed E-state index contributed by atoms with van der Waals surface area (Å²) in [7, 11) is 0. The van der Waals surface area contributed by atoms with Gasteiger partial charge in [-0.3, -0.25) is 0 Å². The van der Waals surface area contributed by atoms with Gasteiger partial charge in [-0.2, -0.15) is 0 Å². The first-order valence-electron chi connectivity index (χ1n) is 2.82. The average Bonchev–Trinajstić information content (AvgIpc) is 2.45. The highest BCUT2D eigenvalue weighted by molar-refractivity contribution is 9.10. The molecule has 0 radical (unpaired) electrons. The Morgan fingerprint density at radius 3 is 3.00 bits per heavy atom. The average molecular weight is 250 g/mol. The summed E-state index contributed by atoms with van der Waals surface area (Å²) in [5.41, 5.74) is 2.57. The molecule has 0 aromatic carbocycles. The fourth-order valence-electron chi connectivity index (χ4n) is 0.796. The van der Waals surface area contributed by atoms with Crippen LogP contribution in [0.15, 0.2) is 16.3 Å². The molecule has 2 nitrogen and oxygen atoms in total. The smallest absolute Gasteiger partial charge is 0.125 e. The van der Waals surface area contributed by atoms with Crippen LogP contribution in [-0.4, -0.2) is 9.97 Å². The standard InChI is InChI=1S/C6H2BrClN2S/c7-6-5-4(10-2-11-5)3(8)1-9-6/h1-2H. The van der Waals surface area contributed by atoms with E-state index < -0.39 is 0 Å². The van der Waals surface area contributed by atoms with Crippen LogP contribution in [0.1, 0.15) is 0 Å². The predicted octanol–water partition coefficient (Wildman–Crippen LogP) is 3.11. The first-order chi connectivity index (χ1) is 5.29. The Labute approximate surface area is 80.4 Å². The van der Waals surface area contributed by atoms with E-state index in [0.29, 0.717) is 5.02 Å². The fourth-order valence-corrected chi connectivity index (χ4v) is 2.30. The molecule has 2 aromatic heterocycles. The number of thiazole rings is 1. The Bertz CT molecular complexity index is 364. The molecule has 0 saturated carbocycles. The molecule has 2 aromatic rings. The maximum atomic E-state index is 5.83. The van der Waals surface area contributed by atoms with Crippen LogP contribution < -0.4 is 0 Å². The normalized spacial score (nSPS) is 10.7. The molecule has 0 aliphatic rings. The minimum atomic E-state index is 0.601. The molecule has 0 atom stereocenters. The first-order valence-corrected chi connectivity index (χ1v) is 4.87. The fraction of sp³-hybridized carbons (Fsp3) is 0. The maximum Gasteiger partial charge on any atom is 0.125 e. The number of halogens is 2. The van der Waals surface area contributed by atoms with Crippen LogP contribution in [0.5, 0.6) is 0 Å². The molecule has 5 heteroatoms. The van der Waals surface area contributed by atoms with Crippen LogP contribution in [0.3, 0.4) is 0 Å². The largest absolute Gasteiger partial charge is 0.246 e. The third-order valence-electron chi connectivity index (χ3n) is 1.27. The van der Waals surface area contributed by atoms with Crippen molar-refractivity contribution in [2.24, 2.45) is 0 Å². The van der Waals surface area contributed by atoms with E-state index in [1.807, 2.05) is 0 Å². The maximum absolute atomic E-state index is 5.83. The van der Waals surface area contributed by atoms with Crippen LogP contribution in [0.25, 0.3) is 10.2 Å². The highest BCUT2D eigenvalue weighted by Gasteiger charge is 2.05. The van der Waals surface area contributed by atoms with Crippen molar-refractivity contribution in [3.63, 3.8) is 0 Å². The highest BCUT2D eigenvalue weighted by atomic mass is 79.9. The van der Waals surface area contributed by atoms with Gasteiger partial charge in [0.15, 0.2) is 0 Å². The SMILES string of the molecule is Clc1cnc(Br)c2scnc12. The summed E-state index contributed by atoms with van der Waals surface area (Å²) in [5, 5.41) is 0.601. The van der Waals surface area contributed by atoms with E-state index in [9.17, 15) is 0 Å². The number of rotatable bonds is 0. The van der Waals surface area contributed by atoms with Crippen LogP contribution in [0, 0.1) is 0 Å². The van der Waals surface area contributed by atoms with Crippen LogP contribution in [-0.2, 0) is 0 Å². The number of hydrogen-bond acceptors (Lipinski definition) is 3. The van der Waals surface area contributed by atoms with Crippen molar-refractivity contribution in [2.45, 2.75) is 0 Å². The summed E-state index contributed by atoms with van der Waals surface area (Å²) in [6.07, 6.45) is 1.59. The zero-order valence-corrected chi connectivity index (χ0v) is 8.37. The molecule has 0 saturated heterocycles. The number of pyridine rings is 1. The molecule has 2 rings (SSSR count). The van der Waals surface area contributed by atoms with Crippen molar-refractivity contribution in [2.75, 3.05) is 0 Å². The van der Waals surface area contributed by atoms with Crippen LogP contribution >= 0.6 is 38.9 Å². The van der Waals surface area contributed by atoms with Gasteiger partial charge in [-0.05, 0) is 15.9 Å². The van der Waals surface area contributed by atoms with Gasteiger partial charge in [0.1, 0.15) is 10.1 Å². The van der Waals surface area contributed by atoms with E-state index in [1.54, 1.807) is 11.7 Å². The summed E-state index contributed by atoms with van der Waals surface area (Å²) in [6, 6.07) is 0. The van der Waals surface area contributed by atoms with Crippen molar-refractivity contribution in [1.29, 1.82) is 0 Å². The molecule has 0 unspecified atom stereocenters. The van der Waals surface area contributed by atoms with E-state index >= 15 is 0 Å². The lowest BCUT2D eigenvalue weighted by Gasteiger charge is -1.92. The van der Waals surface area contributed by atoms with Crippen molar-refractivity contribution in [1.82, 2.24) is 9.97 Å². The molecule has 0 N–H and O–H groups in total. The quantitative estimate of drug-likeness (QED) is 0.671. The Morgan fingerprint density at radius 2 is 2.27 bits per heavy atom. The summed E-state index contributed by atoms with van der Waals surface area (Å²) >= 11 is 10.7. The minimum Gasteiger partial charge on any atom is -0.246 e. The number of aromatic nitrogens is 2. The van der Waals surface area contributed by atoms with Crippen molar-refractivity contribution in [3.05, 3.63) is 21.3 Å². The molecule has 56 valence electrons. The monoisotopic (exact) mass is 248 g/mol. The Kier molecular flexibility index (Phi) is 1.83. The summed E-state index contributed by atoms with van der Waals surface area (Å²) in [5.74, 6) is 0. The molecule has 0 aliphatic heterocycles. The summed E-state index contributed by atoms with van der Waals surface area (Å²) in [4.78, 5) is 8.13. The van der Waals surface area contributed by atoms with Gasteiger partial charge in [-0.15, -0.1) is 11.3 Å². The van der Waals surface area contributed by atoms with Gasteiger partial charge < -0.3 is 0 Å². The van der Waals surface area contributed by atoms with E-state index in [1.165, 1.54) is 11.3 Å². The zero-order valence-electron chi connectivity index (χ0n) is 5.21. The van der Waals surface area contributed by atoms with Crippen molar-refractivity contribution >= 4 is 49.1 Å². The van der Waals surface area contributed by atoms with Gasteiger partial charge in [-0.1, -0.05) is 11.6 Å². The lowest BCUT2D eigenvalue weighted by molar-refractivity contribution is 1.31. The molecule has 11 heavy (non-hydrogen) atoms. The predicted molar refractivity (Wildman–Crippen MR) is 50.1 cm³/mol. The van der Waals surface area contributed by atoms with Crippen molar-refractivity contribution < 1.29 is 0 Å². The van der Waals surface area contributed by atoms with E-state index in [4.69, 9.17) is 11.6 Å². The number of hydrogen-bond donors (Lipinski definition) is 0. The van der Waals surface area contributed by atoms with Crippen LogP contribution in [0.4, 0.5) is 0 Å². The molecule has 0 spiro atoms. The molecule has 0 fully saturated rings. The number of nitrogens with zero attached hydrogens (tertiary/aromatic N) is 2. The molecule has 2 heterocycles. The molecule has 0 amide bonds. The molecule has 0 aliphatic carbocycles. The Hall–Kier alpha value is -0.190. The van der Waals surface area contributed by atoms with Gasteiger partial charge in [0.25, 0.3) is 0 Å². The first kappa shape index (κ1) is 7.46. The topological polar surface area (TPSA) is 25.8 Å². The van der Waals surface area contributed by atoms with Crippen molar-refractivity contribution in [3.8, 4) is 0 Å². The number of fused-ring (bicyclic) bond motifs is 1. The van der Waals surface area contributed by atoms with Gasteiger partial charge in [0, 0.05) is 6.20 Å². The van der Waals surface area contributed by atoms with Gasteiger partial charge in [0.05, 0.1) is 15.2 Å². The lowest BCUT2D eigenvalue weighted by atomic mass is 10.4. The minimum absolute atomic E-state index is 0.601. The second-order valence-corrected chi connectivity index (χ2v) is 3.94. The molecule has 0 bridgehead atoms. The summed E-state index contributed by atoms with van der Waals surface area (Å²) < 4.78 is 1.80. The molecular formula is C6H2BrClN2S. The highest BCUT2D eigenvalue weighted by Crippen LogP contribution is 2.29.